The maximum Gasteiger partial charge on any atom is 0.296 e. The van der Waals surface area contributed by atoms with Crippen molar-refractivity contribution in [3.8, 4) is 0 Å². The van der Waals surface area contributed by atoms with E-state index >= 15 is 0 Å². The molecule has 0 aliphatic heterocycles. The van der Waals surface area contributed by atoms with Crippen LogP contribution in [0.2, 0.25) is 5.02 Å². The first kappa shape index (κ1) is 15.3. The summed E-state index contributed by atoms with van der Waals surface area (Å²) in [5.74, 6) is 0.529. The molecule has 0 atom stereocenters. The number of hydrogen-bond acceptors (Lipinski definition) is 4. The van der Waals surface area contributed by atoms with Crippen molar-refractivity contribution in [1.82, 2.24) is 14.8 Å². The minimum Gasteiger partial charge on any atom is -0.298 e. The summed E-state index contributed by atoms with van der Waals surface area (Å²) < 4.78 is 24.5. The maximum atomic E-state index is 11.5. The van der Waals surface area contributed by atoms with E-state index in [4.69, 9.17) is 22.3 Å². The molecule has 0 amide bonds. The highest BCUT2D eigenvalue weighted by atomic mass is 35.7. The van der Waals surface area contributed by atoms with E-state index in [1.807, 2.05) is 26.0 Å². The van der Waals surface area contributed by atoms with Crippen LogP contribution < -0.4 is 0 Å². The fourth-order valence-electron chi connectivity index (χ4n) is 1.94. The molecule has 8 heteroatoms. The molecule has 0 radical (unpaired) electrons. The molecule has 20 heavy (non-hydrogen) atoms. The Morgan fingerprint density at radius 3 is 2.55 bits per heavy atom. The van der Waals surface area contributed by atoms with E-state index in [9.17, 15) is 8.42 Å². The normalized spacial score (nSPS) is 12.1. The van der Waals surface area contributed by atoms with E-state index in [-0.39, 0.29) is 11.2 Å². The van der Waals surface area contributed by atoms with Crippen LogP contribution in [-0.4, -0.2) is 23.2 Å². The Labute approximate surface area is 127 Å². The molecule has 1 aromatic heterocycles. The zero-order valence-corrected chi connectivity index (χ0v) is 13.2. The van der Waals surface area contributed by atoms with Gasteiger partial charge in [0.15, 0.2) is 0 Å². The van der Waals surface area contributed by atoms with Crippen LogP contribution in [0.1, 0.15) is 31.3 Å². The zero-order valence-electron chi connectivity index (χ0n) is 10.9. The lowest BCUT2D eigenvalue weighted by atomic mass is 10.1. The van der Waals surface area contributed by atoms with Crippen molar-refractivity contribution < 1.29 is 8.42 Å². The zero-order chi connectivity index (χ0) is 14.9. The van der Waals surface area contributed by atoms with Gasteiger partial charge in [0.2, 0.25) is 0 Å². The van der Waals surface area contributed by atoms with Gasteiger partial charge in [-0.2, -0.15) is 0 Å². The monoisotopic (exact) mass is 333 g/mol. The summed E-state index contributed by atoms with van der Waals surface area (Å²) in [5, 5.41) is 8.01. The van der Waals surface area contributed by atoms with Crippen molar-refractivity contribution in [2.24, 2.45) is 0 Å². The van der Waals surface area contributed by atoms with Crippen molar-refractivity contribution in [2.75, 3.05) is 0 Å². The summed E-state index contributed by atoms with van der Waals surface area (Å²) >= 11 is 5.93. The summed E-state index contributed by atoms with van der Waals surface area (Å²) in [4.78, 5) is 0. The van der Waals surface area contributed by atoms with Crippen molar-refractivity contribution in [1.29, 1.82) is 0 Å². The van der Waals surface area contributed by atoms with E-state index in [0.29, 0.717) is 17.3 Å². The van der Waals surface area contributed by atoms with Crippen molar-refractivity contribution in [3.05, 3.63) is 40.7 Å². The Balaban J connectivity index is 2.45. The van der Waals surface area contributed by atoms with Gasteiger partial charge in [0.05, 0.1) is 0 Å². The molecular weight excluding hydrogens is 321 g/mol. The number of rotatable bonds is 4. The first-order chi connectivity index (χ1) is 9.29. The minimum atomic E-state index is -3.92. The standard InChI is InChI=1S/C12H13Cl2N3O2S/c1-8(2)17-11(15-16-12(17)20(14,18)19)7-9-4-3-5-10(13)6-9/h3-6,8H,7H2,1-2H3. The number of hydrogen-bond donors (Lipinski definition) is 0. The lowest BCUT2D eigenvalue weighted by Crippen LogP contribution is -2.12. The Kier molecular flexibility index (Phi) is 4.36. The highest BCUT2D eigenvalue weighted by molar-refractivity contribution is 8.13. The molecule has 0 fully saturated rings. The van der Waals surface area contributed by atoms with Gasteiger partial charge in [-0.3, -0.25) is 4.57 Å². The second kappa shape index (κ2) is 5.71. The van der Waals surface area contributed by atoms with Gasteiger partial charge in [-0.1, -0.05) is 23.7 Å². The van der Waals surface area contributed by atoms with E-state index < -0.39 is 9.05 Å². The molecule has 0 spiro atoms. The van der Waals surface area contributed by atoms with Crippen molar-refractivity contribution >= 4 is 31.3 Å². The lowest BCUT2D eigenvalue weighted by molar-refractivity contribution is 0.512. The van der Waals surface area contributed by atoms with Crippen LogP contribution in [-0.2, 0) is 15.5 Å². The van der Waals surface area contributed by atoms with Crippen LogP contribution in [0.5, 0.6) is 0 Å². The molecule has 0 unspecified atom stereocenters. The quantitative estimate of drug-likeness (QED) is 0.806. The third-order valence-electron chi connectivity index (χ3n) is 2.72. The van der Waals surface area contributed by atoms with Crippen molar-refractivity contribution in [3.63, 3.8) is 0 Å². The van der Waals surface area contributed by atoms with Gasteiger partial charge in [-0.05, 0) is 31.5 Å². The van der Waals surface area contributed by atoms with Crippen LogP contribution in [0.3, 0.4) is 0 Å². The molecule has 0 aliphatic rings. The van der Waals surface area contributed by atoms with Crippen molar-refractivity contribution in [2.45, 2.75) is 31.5 Å². The third kappa shape index (κ3) is 3.31. The second-order valence-electron chi connectivity index (χ2n) is 4.61. The summed E-state index contributed by atoms with van der Waals surface area (Å²) in [5.41, 5.74) is 0.922. The molecule has 0 N–H and O–H groups in total. The van der Waals surface area contributed by atoms with Gasteiger partial charge in [0.25, 0.3) is 14.2 Å². The predicted octanol–water partition coefficient (Wildman–Crippen LogP) is 3.03. The Morgan fingerprint density at radius 2 is 2.00 bits per heavy atom. The van der Waals surface area contributed by atoms with E-state index in [0.717, 1.165) is 5.56 Å². The van der Waals surface area contributed by atoms with Gasteiger partial charge in [-0.25, -0.2) is 8.42 Å². The van der Waals surface area contributed by atoms with Crippen LogP contribution in [0.4, 0.5) is 0 Å². The Bertz CT molecular complexity index is 726. The molecule has 0 bridgehead atoms. The molecule has 5 nitrogen and oxygen atoms in total. The molecule has 1 aromatic carbocycles. The third-order valence-corrected chi connectivity index (χ3v) is 4.08. The van der Waals surface area contributed by atoms with Crippen LogP contribution >= 0.6 is 22.3 Å². The number of nitrogens with zero attached hydrogens (tertiary/aromatic N) is 3. The van der Waals surface area contributed by atoms with E-state index in [1.165, 1.54) is 4.57 Å². The van der Waals surface area contributed by atoms with Gasteiger partial charge in [-0.15, -0.1) is 10.2 Å². The maximum absolute atomic E-state index is 11.5. The number of halogens is 2. The fourth-order valence-corrected chi connectivity index (χ4v) is 3.16. The van der Waals surface area contributed by atoms with Crippen LogP contribution in [0.25, 0.3) is 0 Å². The average molecular weight is 334 g/mol. The molecule has 0 saturated carbocycles. The van der Waals surface area contributed by atoms with Crippen LogP contribution in [0, 0.1) is 0 Å². The molecule has 2 aromatic rings. The topological polar surface area (TPSA) is 64.8 Å². The van der Waals surface area contributed by atoms with Crippen LogP contribution in [0.15, 0.2) is 29.4 Å². The molecule has 0 saturated heterocycles. The van der Waals surface area contributed by atoms with Gasteiger partial charge < -0.3 is 0 Å². The smallest absolute Gasteiger partial charge is 0.296 e. The van der Waals surface area contributed by atoms with E-state index in [1.54, 1.807) is 12.1 Å². The fraction of sp³-hybridized carbons (Fsp3) is 0.333. The summed E-state index contributed by atoms with van der Waals surface area (Å²) in [7, 11) is 1.45. The Morgan fingerprint density at radius 1 is 1.30 bits per heavy atom. The molecule has 108 valence electrons. The van der Waals surface area contributed by atoms with Gasteiger partial charge in [0.1, 0.15) is 5.82 Å². The van der Waals surface area contributed by atoms with E-state index in [2.05, 4.69) is 10.2 Å². The first-order valence-corrected chi connectivity index (χ1v) is 8.60. The highest BCUT2D eigenvalue weighted by Gasteiger charge is 2.24. The Hall–Kier alpha value is -1.11. The minimum absolute atomic E-state index is 0.122. The predicted molar refractivity (Wildman–Crippen MR) is 77.7 cm³/mol. The summed E-state index contributed by atoms with van der Waals surface area (Å²) in [6.07, 6.45) is 0.429. The molecule has 0 aliphatic carbocycles. The SMILES string of the molecule is CC(C)n1c(Cc2cccc(Cl)c2)nnc1S(=O)(=O)Cl. The lowest BCUT2D eigenvalue weighted by Gasteiger charge is -2.12. The largest absolute Gasteiger partial charge is 0.298 e. The van der Waals surface area contributed by atoms with Gasteiger partial charge >= 0.3 is 0 Å². The summed E-state index contributed by atoms with van der Waals surface area (Å²) in [6.45, 7) is 3.69. The number of aromatic nitrogens is 3. The average Bonchev–Trinajstić information content (AvgIpc) is 2.72. The second-order valence-corrected chi connectivity index (χ2v) is 7.50. The molecule has 1 heterocycles. The summed E-state index contributed by atoms with van der Waals surface area (Å²) in [6, 6.07) is 7.16. The molecule has 2 rings (SSSR count). The number of benzene rings is 1. The highest BCUT2D eigenvalue weighted by Crippen LogP contribution is 2.21. The first-order valence-electron chi connectivity index (χ1n) is 5.92. The molecular formula is C12H13Cl2N3O2S. The van der Waals surface area contributed by atoms with Gasteiger partial charge in [0, 0.05) is 28.2 Å².